The van der Waals surface area contributed by atoms with Gasteiger partial charge in [0, 0.05) is 11.8 Å². The van der Waals surface area contributed by atoms with E-state index in [9.17, 15) is 4.39 Å². The van der Waals surface area contributed by atoms with E-state index in [2.05, 4.69) is 9.97 Å². The summed E-state index contributed by atoms with van der Waals surface area (Å²) in [6.07, 6.45) is 1.54. The van der Waals surface area contributed by atoms with Gasteiger partial charge in [0.2, 0.25) is 5.95 Å². The number of nitrogen functional groups attached to an aromatic ring is 1. The fourth-order valence-corrected chi connectivity index (χ4v) is 1.37. The quantitative estimate of drug-likeness (QED) is 0.808. The molecule has 1 heterocycles. The smallest absolute Gasteiger partial charge is 0.220 e. The Morgan fingerprint density at radius 2 is 2.07 bits per heavy atom. The number of hydrogen-bond acceptors (Lipinski definition) is 3. The molecule has 0 atom stereocenters. The van der Waals surface area contributed by atoms with E-state index in [-0.39, 0.29) is 11.0 Å². The topological polar surface area (TPSA) is 51.8 Å². The molecule has 0 saturated heterocycles. The van der Waals surface area contributed by atoms with Crippen LogP contribution in [0.4, 0.5) is 10.3 Å². The summed E-state index contributed by atoms with van der Waals surface area (Å²) >= 11 is 5.65. The van der Waals surface area contributed by atoms with Crippen molar-refractivity contribution in [2.24, 2.45) is 0 Å². The highest BCUT2D eigenvalue weighted by Crippen LogP contribution is 2.23. The first-order valence-corrected chi connectivity index (χ1v) is 4.58. The van der Waals surface area contributed by atoms with E-state index in [1.54, 1.807) is 12.1 Å². The highest BCUT2D eigenvalue weighted by molar-refractivity contribution is 6.31. The molecule has 0 saturated carbocycles. The van der Waals surface area contributed by atoms with Crippen LogP contribution in [0.3, 0.4) is 0 Å². The zero-order valence-corrected chi connectivity index (χ0v) is 8.37. The third kappa shape index (κ3) is 2.05. The molecule has 76 valence electrons. The van der Waals surface area contributed by atoms with Gasteiger partial charge in [-0.25, -0.2) is 14.4 Å². The van der Waals surface area contributed by atoms with Crippen LogP contribution in [0.15, 0.2) is 30.5 Å². The molecule has 0 bridgehead atoms. The van der Waals surface area contributed by atoms with Gasteiger partial charge >= 0.3 is 0 Å². The molecule has 0 aliphatic carbocycles. The predicted molar refractivity (Wildman–Crippen MR) is 56.8 cm³/mol. The van der Waals surface area contributed by atoms with Crippen LogP contribution in [0.1, 0.15) is 0 Å². The molecule has 5 heteroatoms. The van der Waals surface area contributed by atoms with Crippen molar-refractivity contribution in [3.05, 3.63) is 41.3 Å². The molecular weight excluding hydrogens is 217 g/mol. The molecule has 1 aromatic carbocycles. The Morgan fingerprint density at radius 1 is 1.27 bits per heavy atom. The fraction of sp³-hybridized carbons (Fsp3) is 0. The average molecular weight is 224 g/mol. The van der Waals surface area contributed by atoms with Crippen molar-refractivity contribution in [1.29, 1.82) is 0 Å². The summed E-state index contributed by atoms with van der Waals surface area (Å²) in [6.45, 7) is 0. The highest BCUT2D eigenvalue weighted by atomic mass is 35.5. The van der Waals surface area contributed by atoms with Crippen LogP contribution in [-0.4, -0.2) is 9.97 Å². The lowest BCUT2D eigenvalue weighted by Crippen LogP contribution is -1.95. The maximum Gasteiger partial charge on any atom is 0.220 e. The van der Waals surface area contributed by atoms with Crippen LogP contribution in [0.25, 0.3) is 11.3 Å². The summed E-state index contributed by atoms with van der Waals surface area (Å²) in [5, 5.41) is 0.0599. The summed E-state index contributed by atoms with van der Waals surface area (Å²) in [5.41, 5.74) is 6.75. The number of anilines is 1. The summed E-state index contributed by atoms with van der Waals surface area (Å²) in [5.74, 6) is -0.282. The summed E-state index contributed by atoms with van der Waals surface area (Å²) in [6, 6.07) is 6.05. The first-order valence-electron chi connectivity index (χ1n) is 4.21. The minimum absolute atomic E-state index is 0.0599. The van der Waals surface area contributed by atoms with E-state index in [0.717, 1.165) is 0 Å². The van der Waals surface area contributed by atoms with Gasteiger partial charge in [-0.2, -0.15) is 0 Å². The van der Waals surface area contributed by atoms with E-state index in [1.165, 1.54) is 18.3 Å². The molecule has 1 aromatic heterocycles. The highest BCUT2D eigenvalue weighted by Gasteiger charge is 2.04. The zero-order chi connectivity index (χ0) is 10.8. The zero-order valence-electron chi connectivity index (χ0n) is 7.61. The average Bonchev–Trinajstić information content (AvgIpc) is 2.22. The predicted octanol–water partition coefficient (Wildman–Crippen LogP) is 2.52. The lowest BCUT2D eigenvalue weighted by atomic mass is 10.1. The Balaban J connectivity index is 2.50. The molecule has 0 aliphatic rings. The molecule has 2 aromatic rings. The van der Waals surface area contributed by atoms with Crippen molar-refractivity contribution < 1.29 is 4.39 Å². The maximum absolute atomic E-state index is 12.9. The van der Waals surface area contributed by atoms with E-state index >= 15 is 0 Å². The SMILES string of the molecule is Nc1nccc(-c2ccc(F)c(Cl)c2)n1. The molecule has 0 radical (unpaired) electrons. The van der Waals surface area contributed by atoms with Gasteiger partial charge in [0.05, 0.1) is 10.7 Å². The van der Waals surface area contributed by atoms with Crippen molar-refractivity contribution in [1.82, 2.24) is 9.97 Å². The Kier molecular flexibility index (Phi) is 2.51. The molecule has 0 fully saturated rings. The van der Waals surface area contributed by atoms with Gasteiger partial charge < -0.3 is 5.73 Å². The van der Waals surface area contributed by atoms with Crippen LogP contribution in [0.5, 0.6) is 0 Å². The van der Waals surface area contributed by atoms with Crippen molar-refractivity contribution in [3.63, 3.8) is 0 Å². The van der Waals surface area contributed by atoms with Crippen molar-refractivity contribution >= 4 is 17.5 Å². The molecule has 0 unspecified atom stereocenters. The van der Waals surface area contributed by atoms with Gasteiger partial charge in [0.1, 0.15) is 5.82 Å². The number of aromatic nitrogens is 2. The van der Waals surface area contributed by atoms with Crippen LogP contribution in [-0.2, 0) is 0 Å². The number of benzene rings is 1. The largest absolute Gasteiger partial charge is 0.368 e. The lowest BCUT2D eigenvalue weighted by Gasteiger charge is -2.02. The summed E-state index contributed by atoms with van der Waals surface area (Å²) in [7, 11) is 0. The van der Waals surface area contributed by atoms with Gasteiger partial charge in [-0.1, -0.05) is 11.6 Å². The number of nitrogens with zero attached hydrogens (tertiary/aromatic N) is 2. The van der Waals surface area contributed by atoms with Crippen LogP contribution >= 0.6 is 11.6 Å². The maximum atomic E-state index is 12.9. The first kappa shape index (κ1) is 9.86. The number of rotatable bonds is 1. The van der Waals surface area contributed by atoms with E-state index < -0.39 is 5.82 Å². The van der Waals surface area contributed by atoms with Crippen LogP contribution in [0, 0.1) is 5.82 Å². The van der Waals surface area contributed by atoms with Gasteiger partial charge in [-0.05, 0) is 24.3 Å². The Morgan fingerprint density at radius 3 is 2.73 bits per heavy atom. The molecule has 0 spiro atoms. The Hall–Kier alpha value is -1.68. The second-order valence-corrected chi connectivity index (χ2v) is 3.34. The molecule has 0 aliphatic heterocycles. The van der Waals surface area contributed by atoms with Gasteiger partial charge in [0.15, 0.2) is 0 Å². The van der Waals surface area contributed by atoms with Crippen LogP contribution in [0.2, 0.25) is 5.02 Å². The fourth-order valence-electron chi connectivity index (χ4n) is 1.19. The normalized spacial score (nSPS) is 10.3. The third-order valence-corrected chi connectivity index (χ3v) is 2.18. The minimum atomic E-state index is -0.456. The lowest BCUT2D eigenvalue weighted by molar-refractivity contribution is 0.628. The third-order valence-electron chi connectivity index (χ3n) is 1.89. The molecule has 2 rings (SSSR count). The second kappa shape index (κ2) is 3.82. The van der Waals surface area contributed by atoms with Crippen molar-refractivity contribution in [3.8, 4) is 11.3 Å². The van der Waals surface area contributed by atoms with Crippen molar-refractivity contribution in [2.75, 3.05) is 5.73 Å². The second-order valence-electron chi connectivity index (χ2n) is 2.93. The van der Waals surface area contributed by atoms with Crippen LogP contribution < -0.4 is 5.73 Å². The minimum Gasteiger partial charge on any atom is -0.368 e. The van der Waals surface area contributed by atoms with E-state index in [0.29, 0.717) is 11.3 Å². The van der Waals surface area contributed by atoms with Crippen molar-refractivity contribution in [2.45, 2.75) is 0 Å². The first-order chi connectivity index (χ1) is 7.16. The van der Waals surface area contributed by atoms with Gasteiger partial charge in [0.25, 0.3) is 0 Å². The number of halogens is 2. The summed E-state index contributed by atoms with van der Waals surface area (Å²) in [4.78, 5) is 7.76. The Labute approximate surface area is 90.7 Å². The van der Waals surface area contributed by atoms with E-state index in [4.69, 9.17) is 17.3 Å². The number of hydrogen-bond donors (Lipinski definition) is 1. The molecular formula is C10H7ClFN3. The molecule has 15 heavy (non-hydrogen) atoms. The van der Waals surface area contributed by atoms with Gasteiger partial charge in [-0.3, -0.25) is 0 Å². The van der Waals surface area contributed by atoms with Gasteiger partial charge in [-0.15, -0.1) is 0 Å². The Bertz CT molecular complexity index is 502. The molecule has 0 amide bonds. The monoisotopic (exact) mass is 223 g/mol. The standard InChI is InChI=1S/C10H7ClFN3/c11-7-5-6(1-2-8(7)12)9-3-4-14-10(13)15-9/h1-5H,(H2,13,14,15). The summed E-state index contributed by atoms with van der Waals surface area (Å²) < 4.78 is 12.9. The van der Waals surface area contributed by atoms with E-state index in [1.807, 2.05) is 0 Å². The molecule has 3 nitrogen and oxygen atoms in total. The number of nitrogens with two attached hydrogens (primary N) is 1. The molecule has 2 N–H and O–H groups in total.